The summed E-state index contributed by atoms with van der Waals surface area (Å²) in [6.07, 6.45) is 8.37. The van der Waals surface area contributed by atoms with Crippen molar-refractivity contribution in [2.75, 3.05) is 18.5 Å². The van der Waals surface area contributed by atoms with Gasteiger partial charge in [0, 0.05) is 29.6 Å². The van der Waals surface area contributed by atoms with Crippen LogP contribution in [0, 0.1) is 0 Å². The number of halogens is 1. The minimum Gasteiger partial charge on any atom is -0.381 e. The Bertz CT molecular complexity index is 544. The van der Waals surface area contributed by atoms with Crippen LogP contribution in [0.1, 0.15) is 44.2 Å². The third-order valence-corrected chi connectivity index (χ3v) is 4.36. The van der Waals surface area contributed by atoms with Crippen molar-refractivity contribution in [3.8, 4) is 0 Å². The number of aryl methyl sites for hydroxylation is 1. The lowest BCUT2D eigenvalue weighted by Gasteiger charge is -2.05. The molecule has 0 N–H and O–H groups in total. The van der Waals surface area contributed by atoms with Crippen molar-refractivity contribution in [1.82, 2.24) is 4.98 Å². The third-order valence-electron chi connectivity index (χ3n) is 3.80. The van der Waals surface area contributed by atoms with Crippen LogP contribution >= 0.6 is 15.9 Å². The molecule has 2 aromatic rings. The quantitative estimate of drug-likeness (QED) is 0.386. The first kappa shape index (κ1) is 17.4. The minimum atomic E-state index is 0.881. The lowest BCUT2D eigenvalue weighted by molar-refractivity contribution is 0.126. The Morgan fingerprint density at radius 1 is 0.818 bits per heavy atom. The topological polar surface area (TPSA) is 22.1 Å². The van der Waals surface area contributed by atoms with Gasteiger partial charge >= 0.3 is 0 Å². The van der Waals surface area contributed by atoms with Crippen LogP contribution in [0.5, 0.6) is 0 Å². The highest BCUT2D eigenvalue weighted by Gasteiger charge is 1.98. The second-order valence-corrected chi connectivity index (χ2v) is 6.46. The first-order valence-corrected chi connectivity index (χ1v) is 9.50. The molecule has 0 saturated heterocycles. The highest BCUT2D eigenvalue weighted by molar-refractivity contribution is 9.09. The van der Waals surface area contributed by atoms with Gasteiger partial charge < -0.3 is 4.74 Å². The Morgan fingerprint density at radius 2 is 1.59 bits per heavy atom. The van der Waals surface area contributed by atoms with E-state index in [0.29, 0.717) is 0 Å². The van der Waals surface area contributed by atoms with E-state index in [0.717, 1.165) is 43.3 Å². The number of aromatic nitrogens is 1. The Balaban J connectivity index is 1.54. The molecular formula is C19H26BrNO. The van der Waals surface area contributed by atoms with E-state index in [1.807, 2.05) is 6.07 Å². The lowest BCUT2D eigenvalue weighted by atomic mass is 10.1. The number of hydrogen-bond donors (Lipinski definition) is 0. The molecule has 120 valence electrons. The summed E-state index contributed by atoms with van der Waals surface area (Å²) < 4.78 is 5.69. The highest BCUT2D eigenvalue weighted by Crippen LogP contribution is 2.13. The van der Waals surface area contributed by atoms with Crippen molar-refractivity contribution in [2.45, 2.75) is 44.9 Å². The molecule has 1 aromatic heterocycles. The smallest absolute Gasteiger partial charge is 0.0705 e. The number of fused-ring (bicyclic) bond motifs is 1. The van der Waals surface area contributed by atoms with Crippen LogP contribution in [0.4, 0.5) is 0 Å². The second-order valence-electron chi connectivity index (χ2n) is 5.67. The van der Waals surface area contributed by atoms with Gasteiger partial charge in [0.1, 0.15) is 0 Å². The Hall–Kier alpha value is -0.930. The molecule has 2 nitrogen and oxygen atoms in total. The van der Waals surface area contributed by atoms with E-state index in [9.17, 15) is 0 Å². The molecule has 0 aliphatic heterocycles. The van der Waals surface area contributed by atoms with Crippen LogP contribution in [0.3, 0.4) is 0 Å². The number of nitrogens with zero attached hydrogens (tertiary/aromatic N) is 1. The maximum Gasteiger partial charge on any atom is 0.0705 e. The zero-order valence-corrected chi connectivity index (χ0v) is 14.9. The summed E-state index contributed by atoms with van der Waals surface area (Å²) in [5, 5.41) is 2.34. The van der Waals surface area contributed by atoms with E-state index in [4.69, 9.17) is 9.72 Å². The number of ether oxygens (including phenoxy) is 1. The van der Waals surface area contributed by atoms with Crippen molar-refractivity contribution < 1.29 is 4.74 Å². The summed E-state index contributed by atoms with van der Waals surface area (Å²) in [6.45, 7) is 1.79. The van der Waals surface area contributed by atoms with Gasteiger partial charge in [0.05, 0.1) is 5.52 Å². The van der Waals surface area contributed by atoms with Crippen LogP contribution in [0.15, 0.2) is 36.4 Å². The molecular weight excluding hydrogens is 338 g/mol. The summed E-state index contributed by atoms with van der Waals surface area (Å²) in [7, 11) is 0. The summed E-state index contributed by atoms with van der Waals surface area (Å²) in [6, 6.07) is 12.6. The van der Waals surface area contributed by atoms with Gasteiger partial charge in [-0.05, 0) is 44.2 Å². The lowest BCUT2D eigenvalue weighted by Crippen LogP contribution is -1.99. The maximum atomic E-state index is 5.69. The molecule has 0 aliphatic carbocycles. The standard InChI is InChI=1S/C19H26BrNO/c20-14-6-1-2-7-15-22-16-8-5-10-18-13-12-17-9-3-4-11-19(17)21-18/h3-4,9,11-13H,1-2,5-8,10,14-16H2. The predicted octanol–water partition coefficient (Wildman–Crippen LogP) is 5.53. The number of hydrogen-bond acceptors (Lipinski definition) is 2. The molecule has 0 spiro atoms. The SMILES string of the molecule is BrCCCCCCOCCCCc1ccc2ccccc2n1. The summed E-state index contributed by atoms with van der Waals surface area (Å²) in [5.41, 5.74) is 2.29. The molecule has 22 heavy (non-hydrogen) atoms. The molecule has 3 heteroatoms. The van der Waals surface area contributed by atoms with E-state index in [1.54, 1.807) is 0 Å². The number of pyridine rings is 1. The van der Waals surface area contributed by atoms with Gasteiger partial charge in [-0.25, -0.2) is 0 Å². The fraction of sp³-hybridized carbons (Fsp3) is 0.526. The molecule has 0 fully saturated rings. The monoisotopic (exact) mass is 363 g/mol. The van der Waals surface area contributed by atoms with Gasteiger partial charge in [0.25, 0.3) is 0 Å². The number of alkyl halides is 1. The first-order valence-electron chi connectivity index (χ1n) is 8.38. The Morgan fingerprint density at radius 3 is 2.45 bits per heavy atom. The number of para-hydroxylation sites is 1. The van der Waals surface area contributed by atoms with Crippen LogP contribution in [-0.4, -0.2) is 23.5 Å². The van der Waals surface area contributed by atoms with E-state index in [2.05, 4.69) is 46.3 Å². The number of rotatable bonds is 11. The normalized spacial score (nSPS) is 11.1. The zero-order valence-electron chi connectivity index (χ0n) is 13.3. The van der Waals surface area contributed by atoms with E-state index in [-0.39, 0.29) is 0 Å². The van der Waals surface area contributed by atoms with Gasteiger partial charge in [0.2, 0.25) is 0 Å². The second kappa shape index (κ2) is 10.7. The predicted molar refractivity (Wildman–Crippen MR) is 97.8 cm³/mol. The van der Waals surface area contributed by atoms with Crippen molar-refractivity contribution >= 4 is 26.8 Å². The maximum absolute atomic E-state index is 5.69. The average molecular weight is 364 g/mol. The molecule has 0 unspecified atom stereocenters. The van der Waals surface area contributed by atoms with Crippen LogP contribution in [0.2, 0.25) is 0 Å². The molecule has 0 bridgehead atoms. The fourth-order valence-electron chi connectivity index (χ4n) is 2.51. The fourth-order valence-corrected chi connectivity index (χ4v) is 2.91. The molecule has 0 radical (unpaired) electrons. The van der Waals surface area contributed by atoms with Gasteiger partial charge in [-0.2, -0.15) is 0 Å². The molecule has 1 heterocycles. The van der Waals surface area contributed by atoms with E-state index >= 15 is 0 Å². The van der Waals surface area contributed by atoms with Crippen LogP contribution in [0.25, 0.3) is 10.9 Å². The number of benzene rings is 1. The number of unbranched alkanes of at least 4 members (excludes halogenated alkanes) is 4. The van der Waals surface area contributed by atoms with Crippen molar-refractivity contribution in [3.63, 3.8) is 0 Å². The molecule has 0 atom stereocenters. The molecule has 0 aliphatic rings. The third kappa shape index (κ3) is 6.45. The van der Waals surface area contributed by atoms with Gasteiger partial charge in [0.15, 0.2) is 0 Å². The summed E-state index contributed by atoms with van der Waals surface area (Å²) >= 11 is 3.46. The molecule has 2 rings (SSSR count). The molecule has 0 saturated carbocycles. The molecule has 1 aromatic carbocycles. The Kier molecular flexibility index (Phi) is 8.51. The average Bonchev–Trinajstić information content (AvgIpc) is 2.56. The summed E-state index contributed by atoms with van der Waals surface area (Å²) in [5.74, 6) is 0. The Labute approximate surface area is 142 Å². The van der Waals surface area contributed by atoms with E-state index < -0.39 is 0 Å². The summed E-state index contributed by atoms with van der Waals surface area (Å²) in [4.78, 5) is 4.71. The molecule has 0 amide bonds. The minimum absolute atomic E-state index is 0.881. The first-order chi connectivity index (χ1) is 10.9. The van der Waals surface area contributed by atoms with Crippen molar-refractivity contribution in [3.05, 3.63) is 42.1 Å². The van der Waals surface area contributed by atoms with Gasteiger partial charge in [-0.1, -0.05) is 53.0 Å². The van der Waals surface area contributed by atoms with Crippen molar-refractivity contribution in [1.29, 1.82) is 0 Å². The van der Waals surface area contributed by atoms with Crippen LogP contribution in [-0.2, 0) is 11.2 Å². The zero-order chi connectivity index (χ0) is 15.5. The van der Waals surface area contributed by atoms with Crippen molar-refractivity contribution in [2.24, 2.45) is 0 Å². The van der Waals surface area contributed by atoms with Crippen LogP contribution < -0.4 is 0 Å². The highest BCUT2D eigenvalue weighted by atomic mass is 79.9. The largest absolute Gasteiger partial charge is 0.381 e. The van der Waals surface area contributed by atoms with Gasteiger partial charge in [-0.15, -0.1) is 0 Å². The van der Waals surface area contributed by atoms with Gasteiger partial charge in [-0.3, -0.25) is 4.98 Å². The van der Waals surface area contributed by atoms with E-state index in [1.165, 1.54) is 36.8 Å².